The molecule has 0 aromatic rings. The molecule has 9 heteroatoms. The molecule has 1 spiro atoms. The highest BCUT2D eigenvalue weighted by atomic mass is 16.5. The Labute approximate surface area is 176 Å². The van der Waals surface area contributed by atoms with Crippen LogP contribution in [0.15, 0.2) is 0 Å². The molecule has 3 rings (SSSR count). The van der Waals surface area contributed by atoms with Crippen molar-refractivity contribution in [3.63, 3.8) is 0 Å². The van der Waals surface area contributed by atoms with Gasteiger partial charge in [0.05, 0.1) is 6.07 Å². The predicted octanol–water partition coefficient (Wildman–Crippen LogP) is 1.72. The molecule has 30 heavy (non-hydrogen) atoms. The molecule has 9 nitrogen and oxygen atoms in total. The summed E-state index contributed by atoms with van der Waals surface area (Å²) in [6.45, 7) is 0.882. The van der Waals surface area contributed by atoms with Crippen LogP contribution in [0.2, 0.25) is 0 Å². The molecule has 4 amide bonds. The van der Waals surface area contributed by atoms with Crippen LogP contribution in [-0.2, 0) is 19.1 Å². The molecule has 1 saturated heterocycles. The van der Waals surface area contributed by atoms with Crippen molar-refractivity contribution >= 4 is 23.8 Å². The van der Waals surface area contributed by atoms with Crippen LogP contribution in [0.1, 0.15) is 64.7 Å². The van der Waals surface area contributed by atoms with Gasteiger partial charge in [0.15, 0.2) is 6.61 Å². The Morgan fingerprint density at radius 3 is 2.50 bits per heavy atom. The molecule has 3 aliphatic rings. The molecule has 1 heterocycles. The van der Waals surface area contributed by atoms with Gasteiger partial charge >= 0.3 is 12.0 Å². The van der Waals surface area contributed by atoms with E-state index in [2.05, 4.69) is 11.4 Å². The maximum atomic E-state index is 12.9. The largest absolute Gasteiger partial charge is 0.454 e. The van der Waals surface area contributed by atoms with Crippen LogP contribution in [-0.4, -0.2) is 64.9 Å². The Morgan fingerprint density at radius 2 is 1.87 bits per heavy atom. The minimum Gasteiger partial charge on any atom is -0.454 e. The fourth-order valence-corrected chi connectivity index (χ4v) is 4.95. The number of hydrogen-bond acceptors (Lipinski definition) is 6. The average molecular weight is 418 g/mol. The molecule has 3 fully saturated rings. The number of imide groups is 1. The molecule has 0 aromatic heterocycles. The number of carbonyl (C=O) groups is 4. The number of nitriles is 1. The zero-order chi connectivity index (χ0) is 21.9. The van der Waals surface area contributed by atoms with Crippen LogP contribution in [0.25, 0.3) is 0 Å². The SMILES string of the molecule is C[C@@H]1CCCC[C@]12NC(=O)N(CC(=O)OCC(=O)N(C)C1(C#N)CCCCC1)C2=O. The van der Waals surface area contributed by atoms with Crippen LogP contribution < -0.4 is 5.32 Å². The number of nitrogens with one attached hydrogen (secondary N) is 1. The summed E-state index contributed by atoms with van der Waals surface area (Å²) in [5, 5.41) is 12.4. The molecular weight excluding hydrogens is 388 g/mol. The molecule has 0 bridgehead atoms. The van der Waals surface area contributed by atoms with E-state index in [-0.39, 0.29) is 5.92 Å². The van der Waals surface area contributed by atoms with Gasteiger partial charge in [0.1, 0.15) is 17.6 Å². The van der Waals surface area contributed by atoms with E-state index in [4.69, 9.17) is 4.74 Å². The average Bonchev–Trinajstić information content (AvgIpc) is 2.99. The van der Waals surface area contributed by atoms with E-state index in [0.29, 0.717) is 19.3 Å². The van der Waals surface area contributed by atoms with Gasteiger partial charge in [-0.2, -0.15) is 5.26 Å². The first-order chi connectivity index (χ1) is 14.3. The van der Waals surface area contributed by atoms with E-state index in [1.165, 1.54) is 4.90 Å². The first kappa shape index (κ1) is 22.1. The standard InChI is InChI=1S/C21H30N4O5/c1-15-8-4-7-11-21(15)18(28)25(19(29)23-21)12-17(27)30-13-16(26)24(2)20(14-22)9-5-3-6-10-20/h15H,3-13H2,1-2H3,(H,23,29)/t15-,21+/m1/s1. The summed E-state index contributed by atoms with van der Waals surface area (Å²) in [5.41, 5.74) is -1.80. The third-order valence-corrected chi connectivity index (χ3v) is 7.05. The Morgan fingerprint density at radius 1 is 1.20 bits per heavy atom. The lowest BCUT2D eigenvalue weighted by atomic mass is 9.73. The summed E-state index contributed by atoms with van der Waals surface area (Å²) in [6.07, 6.45) is 7.23. The van der Waals surface area contributed by atoms with Crippen molar-refractivity contribution in [2.45, 2.75) is 75.8 Å². The van der Waals surface area contributed by atoms with Gasteiger partial charge in [0, 0.05) is 7.05 Å². The Hall–Kier alpha value is -2.63. The molecule has 2 saturated carbocycles. The second-order valence-corrected chi connectivity index (χ2v) is 8.76. The highest BCUT2D eigenvalue weighted by molar-refractivity contribution is 6.09. The number of ether oxygens (including phenoxy) is 1. The van der Waals surface area contributed by atoms with Gasteiger partial charge in [0.25, 0.3) is 11.8 Å². The van der Waals surface area contributed by atoms with E-state index in [9.17, 15) is 24.4 Å². The van der Waals surface area contributed by atoms with Gasteiger partial charge in [-0.15, -0.1) is 0 Å². The van der Waals surface area contributed by atoms with Gasteiger partial charge in [-0.3, -0.25) is 19.3 Å². The van der Waals surface area contributed by atoms with Crippen LogP contribution >= 0.6 is 0 Å². The first-order valence-electron chi connectivity index (χ1n) is 10.7. The molecule has 2 atom stereocenters. The lowest BCUT2D eigenvalue weighted by Crippen LogP contribution is -2.54. The molecule has 1 aliphatic heterocycles. The summed E-state index contributed by atoms with van der Waals surface area (Å²) >= 11 is 0. The minimum atomic E-state index is -0.939. The second-order valence-electron chi connectivity index (χ2n) is 8.76. The zero-order valence-electron chi connectivity index (χ0n) is 17.7. The molecular formula is C21H30N4O5. The van der Waals surface area contributed by atoms with Crippen LogP contribution in [0.5, 0.6) is 0 Å². The summed E-state index contributed by atoms with van der Waals surface area (Å²) in [5.74, 6) is -1.70. The number of esters is 1. The number of nitrogens with zero attached hydrogens (tertiary/aromatic N) is 3. The van der Waals surface area contributed by atoms with Crippen LogP contribution in [0.4, 0.5) is 4.79 Å². The summed E-state index contributed by atoms with van der Waals surface area (Å²) in [7, 11) is 1.55. The third kappa shape index (κ3) is 3.87. The fourth-order valence-electron chi connectivity index (χ4n) is 4.95. The van der Waals surface area contributed by atoms with Crippen molar-refractivity contribution in [2.24, 2.45) is 5.92 Å². The quantitative estimate of drug-likeness (QED) is 0.536. The zero-order valence-corrected chi connectivity index (χ0v) is 17.7. The van der Waals surface area contributed by atoms with E-state index >= 15 is 0 Å². The Kier molecular flexibility index (Phi) is 6.34. The van der Waals surface area contributed by atoms with Gasteiger partial charge in [-0.25, -0.2) is 4.79 Å². The normalized spacial score (nSPS) is 28.0. The smallest absolute Gasteiger partial charge is 0.326 e. The molecule has 0 radical (unpaired) electrons. The minimum absolute atomic E-state index is 0.00314. The van der Waals surface area contributed by atoms with Crippen molar-refractivity contribution in [1.29, 1.82) is 5.26 Å². The maximum absolute atomic E-state index is 12.9. The van der Waals surface area contributed by atoms with Gasteiger partial charge in [-0.1, -0.05) is 39.0 Å². The number of urea groups is 1. The molecule has 2 aliphatic carbocycles. The number of hydrogen-bond donors (Lipinski definition) is 1. The van der Waals surface area contributed by atoms with Crippen LogP contribution in [0, 0.1) is 17.2 Å². The Balaban J connectivity index is 1.55. The maximum Gasteiger partial charge on any atom is 0.326 e. The topological polar surface area (TPSA) is 120 Å². The van der Waals surface area contributed by atoms with E-state index in [0.717, 1.165) is 43.4 Å². The van der Waals surface area contributed by atoms with E-state index in [1.807, 2.05) is 6.92 Å². The lowest BCUT2D eigenvalue weighted by Gasteiger charge is -2.38. The van der Waals surface area contributed by atoms with Crippen molar-refractivity contribution < 1.29 is 23.9 Å². The van der Waals surface area contributed by atoms with Gasteiger partial charge in [0.2, 0.25) is 0 Å². The molecule has 164 valence electrons. The molecule has 0 aromatic carbocycles. The van der Waals surface area contributed by atoms with Crippen molar-refractivity contribution in [2.75, 3.05) is 20.2 Å². The number of carbonyl (C=O) groups excluding carboxylic acids is 4. The fraction of sp³-hybridized carbons (Fsp3) is 0.762. The van der Waals surface area contributed by atoms with E-state index in [1.54, 1.807) is 7.05 Å². The summed E-state index contributed by atoms with van der Waals surface area (Å²) in [4.78, 5) is 52.3. The first-order valence-corrected chi connectivity index (χ1v) is 10.7. The van der Waals surface area contributed by atoms with E-state index < -0.39 is 48.0 Å². The number of likely N-dealkylation sites (N-methyl/N-ethyl adjacent to an activating group) is 1. The van der Waals surface area contributed by atoms with Crippen molar-refractivity contribution in [3.8, 4) is 6.07 Å². The summed E-state index contributed by atoms with van der Waals surface area (Å²) in [6, 6.07) is 1.65. The molecule has 0 unspecified atom stereocenters. The summed E-state index contributed by atoms with van der Waals surface area (Å²) < 4.78 is 5.05. The second kappa shape index (κ2) is 8.62. The lowest BCUT2D eigenvalue weighted by molar-refractivity contribution is -0.155. The van der Waals surface area contributed by atoms with Gasteiger partial charge in [-0.05, 0) is 31.6 Å². The Bertz CT molecular complexity index is 770. The third-order valence-electron chi connectivity index (χ3n) is 7.05. The highest BCUT2D eigenvalue weighted by Crippen LogP contribution is 2.38. The number of rotatable bonds is 5. The van der Waals surface area contributed by atoms with Crippen LogP contribution in [0.3, 0.4) is 0 Å². The van der Waals surface area contributed by atoms with Crippen molar-refractivity contribution in [1.82, 2.24) is 15.1 Å². The highest BCUT2D eigenvalue weighted by Gasteiger charge is 2.55. The predicted molar refractivity (Wildman–Crippen MR) is 106 cm³/mol. The monoisotopic (exact) mass is 418 g/mol. The van der Waals surface area contributed by atoms with Crippen molar-refractivity contribution in [3.05, 3.63) is 0 Å². The van der Waals surface area contributed by atoms with Gasteiger partial charge < -0.3 is 15.0 Å². The molecule has 1 N–H and O–H groups in total. The number of amides is 4.